The van der Waals surface area contributed by atoms with Crippen LogP contribution in [0.5, 0.6) is 0 Å². The molecule has 0 amide bonds. The normalized spacial score (nSPS) is 39.6. The van der Waals surface area contributed by atoms with E-state index in [0.29, 0.717) is 12.1 Å². The van der Waals surface area contributed by atoms with Gasteiger partial charge in [0.2, 0.25) is 0 Å². The molecule has 2 fully saturated rings. The van der Waals surface area contributed by atoms with Gasteiger partial charge in [0.15, 0.2) is 5.17 Å². The highest BCUT2D eigenvalue weighted by molar-refractivity contribution is 8.13. The summed E-state index contributed by atoms with van der Waals surface area (Å²) in [5.41, 5.74) is 0. The molecule has 0 aromatic carbocycles. The zero-order chi connectivity index (χ0) is 11.0. The summed E-state index contributed by atoms with van der Waals surface area (Å²) < 4.78 is 5.83. The van der Waals surface area contributed by atoms with E-state index in [4.69, 9.17) is 4.74 Å². The smallest absolute Gasteiger partial charge is 0.156 e. The third-order valence-corrected chi connectivity index (χ3v) is 4.84. The summed E-state index contributed by atoms with van der Waals surface area (Å²) in [6.07, 6.45) is 4.33. The third kappa shape index (κ3) is 2.38. The first kappa shape index (κ1) is 10.9. The Labute approximate surface area is 101 Å². The number of rotatable bonds is 2. The monoisotopic (exact) mass is 240 g/mol. The molecule has 4 heteroatoms. The van der Waals surface area contributed by atoms with Crippen molar-refractivity contribution in [2.24, 2.45) is 16.8 Å². The van der Waals surface area contributed by atoms with E-state index in [-0.39, 0.29) is 0 Å². The van der Waals surface area contributed by atoms with Gasteiger partial charge >= 0.3 is 0 Å². The standard InChI is InChI=1S/C12H20N2OS/c1-8-6-13-12(16-7-8)14-10-4-5-15-11(10)9-2-3-9/h8-11H,2-7H2,1H3,(H,13,14). The molecule has 3 atom stereocenters. The number of thioether (sulfide) groups is 1. The summed E-state index contributed by atoms with van der Waals surface area (Å²) >= 11 is 1.88. The average Bonchev–Trinajstić information content (AvgIpc) is 3.03. The third-order valence-electron chi connectivity index (χ3n) is 3.58. The zero-order valence-electron chi connectivity index (χ0n) is 9.82. The van der Waals surface area contributed by atoms with Crippen molar-refractivity contribution in [3.8, 4) is 0 Å². The molecule has 16 heavy (non-hydrogen) atoms. The molecule has 2 heterocycles. The van der Waals surface area contributed by atoms with Gasteiger partial charge < -0.3 is 10.1 Å². The highest BCUT2D eigenvalue weighted by Crippen LogP contribution is 2.39. The van der Waals surface area contributed by atoms with Crippen molar-refractivity contribution >= 4 is 16.9 Å². The topological polar surface area (TPSA) is 33.6 Å². The van der Waals surface area contributed by atoms with Gasteiger partial charge in [-0.3, -0.25) is 4.99 Å². The molecule has 2 aliphatic heterocycles. The molecule has 0 aromatic rings. The SMILES string of the molecule is CC1CN=C(NC2CCOC2C2CC2)SC1. The first-order chi connectivity index (χ1) is 7.83. The summed E-state index contributed by atoms with van der Waals surface area (Å²) in [4.78, 5) is 4.60. The van der Waals surface area contributed by atoms with Crippen LogP contribution in [0.4, 0.5) is 0 Å². The molecule has 0 radical (unpaired) electrons. The van der Waals surface area contributed by atoms with Gasteiger partial charge in [0.1, 0.15) is 0 Å². The number of ether oxygens (including phenoxy) is 1. The second kappa shape index (κ2) is 4.57. The van der Waals surface area contributed by atoms with Crippen LogP contribution in [0.3, 0.4) is 0 Å². The minimum absolute atomic E-state index is 0.461. The molecule has 0 aromatic heterocycles. The maximum Gasteiger partial charge on any atom is 0.156 e. The molecule has 1 saturated heterocycles. The van der Waals surface area contributed by atoms with E-state index >= 15 is 0 Å². The summed E-state index contributed by atoms with van der Waals surface area (Å²) in [5, 5.41) is 4.75. The number of hydrogen-bond donors (Lipinski definition) is 1. The lowest BCUT2D eigenvalue weighted by atomic mass is 10.1. The number of nitrogens with zero attached hydrogens (tertiary/aromatic N) is 1. The van der Waals surface area contributed by atoms with Crippen molar-refractivity contribution in [1.82, 2.24) is 5.32 Å². The van der Waals surface area contributed by atoms with Crippen molar-refractivity contribution in [1.29, 1.82) is 0 Å². The van der Waals surface area contributed by atoms with E-state index in [9.17, 15) is 0 Å². The molecule has 90 valence electrons. The molecule has 3 nitrogen and oxygen atoms in total. The molecule has 1 aliphatic carbocycles. The maximum absolute atomic E-state index is 5.83. The first-order valence-electron chi connectivity index (χ1n) is 6.38. The van der Waals surface area contributed by atoms with E-state index in [1.807, 2.05) is 11.8 Å². The van der Waals surface area contributed by atoms with Crippen LogP contribution in [0.15, 0.2) is 4.99 Å². The number of hydrogen-bond acceptors (Lipinski definition) is 4. The highest BCUT2D eigenvalue weighted by atomic mass is 32.2. The van der Waals surface area contributed by atoms with Gasteiger partial charge in [-0.15, -0.1) is 0 Å². The minimum Gasteiger partial charge on any atom is -0.376 e. The second-order valence-corrected chi connectivity index (χ2v) is 6.28. The molecule has 0 bridgehead atoms. The summed E-state index contributed by atoms with van der Waals surface area (Å²) in [7, 11) is 0. The Morgan fingerprint density at radius 1 is 1.38 bits per heavy atom. The lowest BCUT2D eigenvalue weighted by molar-refractivity contribution is 0.0844. The number of nitrogens with one attached hydrogen (secondary N) is 1. The molecule has 3 rings (SSSR count). The predicted molar refractivity (Wildman–Crippen MR) is 67.9 cm³/mol. The van der Waals surface area contributed by atoms with E-state index < -0.39 is 0 Å². The predicted octanol–water partition coefficient (Wildman–Crippen LogP) is 1.88. The summed E-state index contributed by atoms with van der Waals surface area (Å²) in [5.74, 6) is 2.76. The van der Waals surface area contributed by atoms with Gasteiger partial charge in [-0.1, -0.05) is 18.7 Å². The Balaban J connectivity index is 1.57. The Morgan fingerprint density at radius 3 is 2.94 bits per heavy atom. The van der Waals surface area contributed by atoms with Gasteiger partial charge in [0.05, 0.1) is 12.1 Å². The maximum atomic E-state index is 5.83. The van der Waals surface area contributed by atoms with E-state index in [1.54, 1.807) is 0 Å². The van der Waals surface area contributed by atoms with Crippen molar-refractivity contribution in [2.45, 2.75) is 38.3 Å². The first-order valence-corrected chi connectivity index (χ1v) is 7.37. The van der Waals surface area contributed by atoms with E-state index in [1.165, 1.54) is 18.6 Å². The van der Waals surface area contributed by atoms with Crippen LogP contribution < -0.4 is 5.32 Å². The van der Waals surface area contributed by atoms with Crippen LogP contribution in [0.1, 0.15) is 26.2 Å². The second-order valence-electron chi connectivity index (χ2n) is 5.27. The lowest BCUT2D eigenvalue weighted by Gasteiger charge is -2.24. The van der Waals surface area contributed by atoms with Gasteiger partial charge in [-0.2, -0.15) is 0 Å². The molecular weight excluding hydrogens is 220 g/mol. The molecule has 3 aliphatic rings. The van der Waals surface area contributed by atoms with E-state index in [0.717, 1.165) is 36.6 Å². The van der Waals surface area contributed by atoms with Crippen molar-refractivity contribution < 1.29 is 4.74 Å². The fourth-order valence-electron chi connectivity index (χ4n) is 2.46. The van der Waals surface area contributed by atoms with Gasteiger partial charge in [0, 0.05) is 18.9 Å². The zero-order valence-corrected chi connectivity index (χ0v) is 10.6. The van der Waals surface area contributed by atoms with Crippen LogP contribution >= 0.6 is 11.8 Å². The Kier molecular flexibility index (Phi) is 3.11. The molecule has 3 unspecified atom stereocenters. The molecular formula is C12H20N2OS. The Bertz CT molecular complexity index is 291. The fourth-order valence-corrected chi connectivity index (χ4v) is 3.41. The highest BCUT2D eigenvalue weighted by Gasteiger charge is 2.41. The van der Waals surface area contributed by atoms with Crippen molar-refractivity contribution in [2.75, 3.05) is 18.9 Å². The van der Waals surface area contributed by atoms with Crippen molar-refractivity contribution in [3.63, 3.8) is 0 Å². The fraction of sp³-hybridized carbons (Fsp3) is 0.917. The van der Waals surface area contributed by atoms with Gasteiger partial charge in [0.25, 0.3) is 0 Å². The van der Waals surface area contributed by atoms with Crippen LogP contribution in [0, 0.1) is 11.8 Å². The summed E-state index contributed by atoms with van der Waals surface area (Å²) in [6, 6.07) is 0.521. The lowest BCUT2D eigenvalue weighted by Crippen LogP contribution is -2.41. The molecule has 1 saturated carbocycles. The summed E-state index contributed by atoms with van der Waals surface area (Å²) in [6.45, 7) is 4.17. The Morgan fingerprint density at radius 2 is 2.25 bits per heavy atom. The molecule has 0 spiro atoms. The molecule has 1 N–H and O–H groups in total. The van der Waals surface area contributed by atoms with Gasteiger partial charge in [-0.25, -0.2) is 0 Å². The van der Waals surface area contributed by atoms with Gasteiger partial charge in [-0.05, 0) is 31.1 Å². The number of amidine groups is 1. The van der Waals surface area contributed by atoms with E-state index in [2.05, 4.69) is 17.2 Å². The van der Waals surface area contributed by atoms with Crippen LogP contribution in [-0.4, -0.2) is 36.2 Å². The van der Waals surface area contributed by atoms with Crippen molar-refractivity contribution in [3.05, 3.63) is 0 Å². The minimum atomic E-state index is 0.461. The van der Waals surface area contributed by atoms with Crippen LogP contribution in [-0.2, 0) is 4.74 Å². The van der Waals surface area contributed by atoms with Crippen LogP contribution in [0.2, 0.25) is 0 Å². The largest absolute Gasteiger partial charge is 0.376 e. The quantitative estimate of drug-likeness (QED) is 0.800. The average molecular weight is 240 g/mol. The number of aliphatic imine (C=N–C) groups is 1. The Hall–Kier alpha value is -0.220. The van der Waals surface area contributed by atoms with Crippen LogP contribution in [0.25, 0.3) is 0 Å².